The minimum atomic E-state index is -3.07. The minimum absolute atomic E-state index is 0.129. The van der Waals surface area contributed by atoms with Crippen LogP contribution in [0.2, 0.25) is 0 Å². The highest BCUT2D eigenvalue weighted by Gasteiger charge is 2.37. The summed E-state index contributed by atoms with van der Waals surface area (Å²) in [6.45, 7) is 1.64. The predicted octanol–water partition coefficient (Wildman–Crippen LogP) is 0.453. The maximum absolute atomic E-state index is 12.1. The number of nitrogens with zero attached hydrogens (tertiary/aromatic N) is 2. The Morgan fingerprint density at radius 1 is 1.45 bits per heavy atom. The highest BCUT2D eigenvalue weighted by molar-refractivity contribution is 7.92. The number of carbonyl (C=O) groups excluding carboxylic acids is 1. The van der Waals surface area contributed by atoms with E-state index in [1.54, 1.807) is 25.3 Å². The molecule has 1 aromatic rings. The molecule has 1 aliphatic heterocycles. The normalized spacial score (nSPS) is 24.4. The summed E-state index contributed by atoms with van der Waals surface area (Å²) in [6.07, 6.45) is 2.03. The molecular weight excluding hydrogens is 278 g/mol. The zero-order valence-corrected chi connectivity index (χ0v) is 12.6. The van der Waals surface area contributed by atoms with Gasteiger partial charge in [0.25, 0.3) is 5.91 Å². The molecule has 1 saturated heterocycles. The third-order valence-corrected chi connectivity index (χ3v) is 5.92. The van der Waals surface area contributed by atoms with E-state index in [0.717, 1.165) is 5.69 Å². The van der Waals surface area contributed by atoms with Crippen molar-refractivity contribution < 1.29 is 13.2 Å². The zero-order valence-electron chi connectivity index (χ0n) is 11.8. The molecule has 20 heavy (non-hydrogen) atoms. The Bertz CT molecular complexity index is 613. The lowest BCUT2D eigenvalue weighted by Crippen LogP contribution is -2.40. The molecule has 0 saturated carbocycles. The van der Waals surface area contributed by atoms with Crippen molar-refractivity contribution in [2.75, 3.05) is 24.7 Å². The molecule has 1 fully saturated rings. The number of sulfone groups is 1. The monoisotopic (exact) mass is 297 g/mol. The van der Waals surface area contributed by atoms with Gasteiger partial charge in [0.2, 0.25) is 0 Å². The average molecular weight is 297 g/mol. The first-order valence-electron chi connectivity index (χ1n) is 6.47. The summed E-state index contributed by atoms with van der Waals surface area (Å²) >= 11 is 0. The Morgan fingerprint density at radius 2 is 2.15 bits per heavy atom. The summed E-state index contributed by atoms with van der Waals surface area (Å²) in [5.74, 6) is -0.202. The van der Waals surface area contributed by atoms with Gasteiger partial charge in [0, 0.05) is 32.0 Å². The van der Waals surface area contributed by atoms with Crippen molar-refractivity contribution in [2.24, 2.45) is 0 Å². The van der Waals surface area contributed by atoms with Crippen LogP contribution < -0.4 is 10.2 Å². The first-order valence-corrected chi connectivity index (χ1v) is 8.18. The average Bonchev–Trinajstić information content (AvgIpc) is 2.66. The SMILES string of the molecule is C[C@H]1[C@@H](NC(=O)c2cc(N(C)C)ccn2)CCS1(=O)=O. The molecule has 2 atom stereocenters. The van der Waals surface area contributed by atoms with Gasteiger partial charge in [0.05, 0.1) is 11.0 Å². The number of rotatable bonds is 3. The maximum Gasteiger partial charge on any atom is 0.270 e. The van der Waals surface area contributed by atoms with E-state index in [9.17, 15) is 13.2 Å². The van der Waals surface area contributed by atoms with Crippen LogP contribution >= 0.6 is 0 Å². The molecule has 6 nitrogen and oxygen atoms in total. The molecule has 0 aromatic carbocycles. The Kier molecular flexibility index (Phi) is 3.99. The molecule has 1 aromatic heterocycles. The van der Waals surface area contributed by atoms with Crippen LogP contribution in [-0.2, 0) is 9.84 Å². The molecule has 1 amide bonds. The highest BCUT2D eigenvalue weighted by Crippen LogP contribution is 2.20. The number of nitrogens with one attached hydrogen (secondary N) is 1. The van der Waals surface area contributed by atoms with Gasteiger partial charge < -0.3 is 10.2 Å². The maximum atomic E-state index is 12.1. The van der Waals surface area contributed by atoms with Crippen LogP contribution in [-0.4, -0.2) is 50.4 Å². The van der Waals surface area contributed by atoms with Gasteiger partial charge >= 0.3 is 0 Å². The van der Waals surface area contributed by atoms with E-state index in [4.69, 9.17) is 0 Å². The van der Waals surface area contributed by atoms with Gasteiger partial charge in [-0.3, -0.25) is 9.78 Å². The minimum Gasteiger partial charge on any atom is -0.378 e. The Hall–Kier alpha value is -1.63. The van der Waals surface area contributed by atoms with Gasteiger partial charge in [-0.15, -0.1) is 0 Å². The molecule has 2 heterocycles. The van der Waals surface area contributed by atoms with Crippen LogP contribution in [0, 0.1) is 0 Å². The number of carbonyl (C=O) groups is 1. The number of hydrogen-bond donors (Lipinski definition) is 1. The van der Waals surface area contributed by atoms with E-state index in [0.29, 0.717) is 12.1 Å². The largest absolute Gasteiger partial charge is 0.378 e. The van der Waals surface area contributed by atoms with Crippen LogP contribution in [0.4, 0.5) is 5.69 Å². The van der Waals surface area contributed by atoms with E-state index < -0.39 is 15.1 Å². The quantitative estimate of drug-likeness (QED) is 0.876. The van der Waals surface area contributed by atoms with E-state index in [-0.39, 0.29) is 17.7 Å². The van der Waals surface area contributed by atoms with Gasteiger partial charge in [-0.05, 0) is 25.5 Å². The summed E-state index contributed by atoms with van der Waals surface area (Å²) in [7, 11) is 0.688. The zero-order chi connectivity index (χ0) is 14.9. The van der Waals surface area contributed by atoms with Crippen LogP contribution in [0.5, 0.6) is 0 Å². The van der Waals surface area contributed by atoms with Gasteiger partial charge in [0.1, 0.15) is 5.69 Å². The van der Waals surface area contributed by atoms with Crippen molar-refractivity contribution in [1.82, 2.24) is 10.3 Å². The van der Waals surface area contributed by atoms with E-state index in [1.807, 2.05) is 19.0 Å². The molecule has 0 unspecified atom stereocenters. The molecular formula is C13H19N3O3S. The molecule has 2 rings (SSSR count). The number of pyridine rings is 1. The fourth-order valence-corrected chi connectivity index (χ4v) is 3.87. The molecule has 110 valence electrons. The third kappa shape index (κ3) is 2.92. The van der Waals surface area contributed by atoms with Crippen molar-refractivity contribution in [1.29, 1.82) is 0 Å². The fourth-order valence-electron chi connectivity index (χ4n) is 2.22. The van der Waals surface area contributed by atoms with Crippen molar-refractivity contribution in [3.63, 3.8) is 0 Å². The molecule has 1 aliphatic rings. The van der Waals surface area contributed by atoms with Gasteiger partial charge in [0.15, 0.2) is 9.84 Å². The van der Waals surface area contributed by atoms with Crippen molar-refractivity contribution in [2.45, 2.75) is 24.6 Å². The molecule has 0 aliphatic carbocycles. The first-order chi connectivity index (χ1) is 9.31. The van der Waals surface area contributed by atoms with Gasteiger partial charge in [-0.1, -0.05) is 0 Å². The standard InChI is InChI=1S/C13H19N3O3S/c1-9-11(5-7-20(9,18)19)15-13(17)12-8-10(16(2)3)4-6-14-12/h4,6,8-9,11H,5,7H2,1-3H3,(H,15,17)/t9-,11-/m0/s1. The summed E-state index contributed by atoms with van der Waals surface area (Å²) in [6, 6.07) is 3.15. The smallest absolute Gasteiger partial charge is 0.270 e. The van der Waals surface area contributed by atoms with Crippen LogP contribution in [0.3, 0.4) is 0 Å². The second kappa shape index (κ2) is 5.40. The molecule has 0 radical (unpaired) electrons. The summed E-state index contributed by atoms with van der Waals surface area (Å²) in [5.41, 5.74) is 1.17. The summed E-state index contributed by atoms with van der Waals surface area (Å²) in [4.78, 5) is 18.1. The van der Waals surface area contributed by atoms with E-state index in [1.165, 1.54) is 0 Å². The number of anilines is 1. The molecule has 0 bridgehead atoms. The molecule has 0 spiro atoms. The fraction of sp³-hybridized carbons (Fsp3) is 0.538. The summed E-state index contributed by atoms with van der Waals surface area (Å²) < 4.78 is 23.3. The number of hydrogen-bond acceptors (Lipinski definition) is 5. The summed E-state index contributed by atoms with van der Waals surface area (Å²) in [5, 5.41) is 2.23. The van der Waals surface area contributed by atoms with E-state index in [2.05, 4.69) is 10.3 Å². The number of amides is 1. The van der Waals surface area contributed by atoms with Gasteiger partial charge in [-0.2, -0.15) is 0 Å². The van der Waals surface area contributed by atoms with Crippen LogP contribution in [0.25, 0.3) is 0 Å². The van der Waals surface area contributed by atoms with Crippen LogP contribution in [0.1, 0.15) is 23.8 Å². The lowest BCUT2D eigenvalue weighted by molar-refractivity contribution is 0.0932. The second-order valence-electron chi connectivity index (χ2n) is 5.23. The second-order valence-corrected chi connectivity index (χ2v) is 7.71. The first kappa shape index (κ1) is 14.8. The molecule has 7 heteroatoms. The topological polar surface area (TPSA) is 79.4 Å². The number of aromatic nitrogens is 1. The third-order valence-electron chi connectivity index (χ3n) is 3.66. The predicted molar refractivity (Wildman–Crippen MR) is 77.7 cm³/mol. The van der Waals surface area contributed by atoms with Crippen molar-refractivity contribution in [3.05, 3.63) is 24.0 Å². The molecule has 1 N–H and O–H groups in total. The van der Waals surface area contributed by atoms with Gasteiger partial charge in [-0.25, -0.2) is 8.42 Å². The van der Waals surface area contributed by atoms with Crippen LogP contribution in [0.15, 0.2) is 18.3 Å². The van der Waals surface area contributed by atoms with Crippen molar-refractivity contribution >= 4 is 21.4 Å². The van der Waals surface area contributed by atoms with E-state index >= 15 is 0 Å². The van der Waals surface area contributed by atoms with Crippen molar-refractivity contribution in [3.8, 4) is 0 Å². The lowest BCUT2D eigenvalue weighted by atomic mass is 10.1. The Balaban J connectivity index is 2.11. The Labute approximate surface area is 119 Å². The highest BCUT2D eigenvalue weighted by atomic mass is 32.2. The lowest BCUT2D eigenvalue weighted by Gasteiger charge is -2.17. The Morgan fingerprint density at radius 3 is 2.70 bits per heavy atom.